The zero-order valence-corrected chi connectivity index (χ0v) is 19.0. The Morgan fingerprint density at radius 3 is 1.86 bits per heavy atom. The molecule has 2 N–H and O–H groups in total. The van der Waals surface area contributed by atoms with E-state index in [0.717, 1.165) is 6.42 Å². The molecule has 0 saturated carbocycles. The highest BCUT2D eigenvalue weighted by molar-refractivity contribution is 5.70. The fourth-order valence-corrected chi connectivity index (χ4v) is 4.13. The maximum atomic E-state index is 3.84. The van der Waals surface area contributed by atoms with Crippen LogP contribution in [0.5, 0.6) is 0 Å². The van der Waals surface area contributed by atoms with Crippen LogP contribution in [0.25, 0.3) is 0 Å². The first-order valence-corrected chi connectivity index (χ1v) is 11.0. The van der Waals surface area contributed by atoms with Crippen LogP contribution >= 0.6 is 0 Å². The topological polar surface area (TPSA) is 24.1 Å². The van der Waals surface area contributed by atoms with Crippen molar-refractivity contribution >= 4 is 11.4 Å². The largest absolute Gasteiger partial charge is 0.382 e. The summed E-state index contributed by atoms with van der Waals surface area (Å²) in [4.78, 5) is 0. The summed E-state index contributed by atoms with van der Waals surface area (Å²) < 4.78 is 0. The fourth-order valence-electron chi connectivity index (χ4n) is 4.13. The molecule has 0 bridgehead atoms. The molecule has 0 aliphatic heterocycles. The second kappa shape index (κ2) is 10.5. The van der Waals surface area contributed by atoms with E-state index in [2.05, 4.69) is 102 Å². The van der Waals surface area contributed by atoms with Crippen molar-refractivity contribution in [1.82, 2.24) is 0 Å². The van der Waals surface area contributed by atoms with E-state index in [-0.39, 0.29) is 0 Å². The second-order valence-electron chi connectivity index (χ2n) is 9.28. The third-order valence-corrected chi connectivity index (χ3v) is 5.23. The van der Waals surface area contributed by atoms with Crippen LogP contribution in [0.2, 0.25) is 0 Å². The molecule has 28 heavy (non-hydrogen) atoms. The minimum absolute atomic E-state index is 0.455. The zero-order valence-electron chi connectivity index (χ0n) is 19.0. The average Bonchev–Trinajstić information content (AvgIpc) is 2.60. The van der Waals surface area contributed by atoms with Crippen LogP contribution in [-0.2, 0) is 6.42 Å². The number of hydrogen-bond acceptors (Lipinski definition) is 2. The number of hydrogen-bond donors (Lipinski definition) is 2. The maximum absolute atomic E-state index is 3.84. The summed E-state index contributed by atoms with van der Waals surface area (Å²) in [7, 11) is 0. The van der Waals surface area contributed by atoms with Gasteiger partial charge >= 0.3 is 0 Å². The Bertz CT molecular complexity index is 719. The Morgan fingerprint density at radius 2 is 1.29 bits per heavy atom. The van der Waals surface area contributed by atoms with Gasteiger partial charge in [0.2, 0.25) is 0 Å². The summed E-state index contributed by atoms with van der Waals surface area (Å²) in [5.41, 5.74) is 6.62. The third-order valence-electron chi connectivity index (χ3n) is 5.23. The van der Waals surface area contributed by atoms with E-state index in [9.17, 15) is 0 Å². The molecule has 2 aromatic rings. The lowest BCUT2D eigenvalue weighted by atomic mass is 9.97. The van der Waals surface area contributed by atoms with Gasteiger partial charge in [0.1, 0.15) is 0 Å². The molecule has 0 fully saturated rings. The Hall–Kier alpha value is -1.96. The molecular formula is C26H40N2. The van der Waals surface area contributed by atoms with Gasteiger partial charge in [-0.25, -0.2) is 0 Å². The molecule has 0 heterocycles. The van der Waals surface area contributed by atoms with Crippen molar-refractivity contribution in [1.29, 1.82) is 0 Å². The van der Waals surface area contributed by atoms with Gasteiger partial charge in [-0.3, -0.25) is 0 Å². The van der Waals surface area contributed by atoms with Crippen LogP contribution in [0.3, 0.4) is 0 Å². The van der Waals surface area contributed by atoms with Gasteiger partial charge in [0.15, 0.2) is 0 Å². The normalized spacial score (nSPS) is 13.6. The molecule has 2 rings (SSSR count). The standard InChI is InChI=1S/C26H40N2/c1-18(2)15-20(5)27-25-14-13-24(17-23-11-9-8-10-12-23)26(22(25)7)28-21(6)16-19(3)4/h8-14,18-21,27-28H,15-17H2,1-7H3. The summed E-state index contributed by atoms with van der Waals surface area (Å²) in [6.07, 6.45) is 3.31. The smallest absolute Gasteiger partial charge is 0.0428 e. The first-order valence-electron chi connectivity index (χ1n) is 11.0. The molecule has 0 saturated heterocycles. The zero-order chi connectivity index (χ0) is 20.7. The highest BCUT2D eigenvalue weighted by Gasteiger charge is 2.15. The highest BCUT2D eigenvalue weighted by Crippen LogP contribution is 2.31. The molecule has 2 unspecified atom stereocenters. The molecule has 0 aliphatic rings. The van der Waals surface area contributed by atoms with Crippen LogP contribution in [-0.4, -0.2) is 12.1 Å². The molecule has 2 heteroatoms. The monoisotopic (exact) mass is 380 g/mol. The molecule has 0 radical (unpaired) electrons. The first kappa shape index (κ1) is 22.3. The minimum atomic E-state index is 0.455. The lowest BCUT2D eigenvalue weighted by Gasteiger charge is -2.25. The van der Waals surface area contributed by atoms with E-state index in [1.807, 2.05) is 0 Å². The Kier molecular flexibility index (Phi) is 8.41. The van der Waals surface area contributed by atoms with E-state index in [4.69, 9.17) is 0 Å². The summed E-state index contributed by atoms with van der Waals surface area (Å²) in [5.74, 6) is 1.39. The number of benzene rings is 2. The molecule has 0 aromatic heterocycles. The van der Waals surface area contributed by atoms with E-state index >= 15 is 0 Å². The van der Waals surface area contributed by atoms with Crippen LogP contribution in [0.4, 0.5) is 11.4 Å². The third kappa shape index (κ3) is 6.89. The van der Waals surface area contributed by atoms with Gasteiger partial charge in [-0.1, -0.05) is 64.1 Å². The van der Waals surface area contributed by atoms with Gasteiger partial charge in [0.25, 0.3) is 0 Å². The summed E-state index contributed by atoms with van der Waals surface area (Å²) in [5, 5.41) is 7.59. The molecule has 0 aliphatic carbocycles. The summed E-state index contributed by atoms with van der Waals surface area (Å²) >= 11 is 0. The van der Waals surface area contributed by atoms with Gasteiger partial charge < -0.3 is 10.6 Å². The number of anilines is 2. The van der Waals surface area contributed by atoms with Crippen molar-refractivity contribution in [3.05, 3.63) is 59.2 Å². The lowest BCUT2D eigenvalue weighted by molar-refractivity contribution is 0.538. The first-order chi connectivity index (χ1) is 13.3. The molecule has 2 nitrogen and oxygen atoms in total. The number of nitrogens with one attached hydrogen (secondary N) is 2. The van der Waals surface area contributed by atoms with Gasteiger partial charge in [0.05, 0.1) is 0 Å². The van der Waals surface area contributed by atoms with Crippen molar-refractivity contribution < 1.29 is 0 Å². The molecular weight excluding hydrogens is 340 g/mol. The average molecular weight is 381 g/mol. The highest BCUT2D eigenvalue weighted by atomic mass is 14.9. The molecule has 2 aromatic carbocycles. The van der Waals surface area contributed by atoms with Crippen molar-refractivity contribution in [2.24, 2.45) is 11.8 Å². The van der Waals surface area contributed by atoms with E-state index in [0.29, 0.717) is 23.9 Å². The maximum Gasteiger partial charge on any atom is 0.0428 e. The predicted octanol–water partition coefficient (Wildman–Crippen LogP) is 7.28. The predicted molar refractivity (Wildman–Crippen MR) is 126 cm³/mol. The van der Waals surface area contributed by atoms with Gasteiger partial charge in [-0.2, -0.15) is 0 Å². The van der Waals surface area contributed by atoms with Crippen LogP contribution in [0.15, 0.2) is 42.5 Å². The Labute approximate surface area is 173 Å². The minimum Gasteiger partial charge on any atom is -0.382 e. The van der Waals surface area contributed by atoms with Gasteiger partial charge in [-0.05, 0) is 74.6 Å². The Morgan fingerprint density at radius 1 is 0.714 bits per heavy atom. The summed E-state index contributed by atoms with van der Waals surface area (Å²) in [6, 6.07) is 16.3. The van der Waals surface area contributed by atoms with Crippen LogP contribution in [0, 0.1) is 18.8 Å². The molecule has 0 spiro atoms. The lowest BCUT2D eigenvalue weighted by Crippen LogP contribution is -2.21. The molecule has 0 amide bonds. The SMILES string of the molecule is Cc1c(NC(C)CC(C)C)ccc(Cc2ccccc2)c1NC(C)CC(C)C. The van der Waals surface area contributed by atoms with Crippen LogP contribution in [0.1, 0.15) is 71.1 Å². The van der Waals surface area contributed by atoms with E-state index < -0.39 is 0 Å². The second-order valence-corrected chi connectivity index (χ2v) is 9.28. The van der Waals surface area contributed by atoms with Crippen molar-refractivity contribution in [2.75, 3.05) is 10.6 Å². The van der Waals surface area contributed by atoms with Gasteiger partial charge in [-0.15, -0.1) is 0 Å². The molecule has 2 atom stereocenters. The van der Waals surface area contributed by atoms with Crippen molar-refractivity contribution in [3.63, 3.8) is 0 Å². The van der Waals surface area contributed by atoms with Crippen molar-refractivity contribution in [3.8, 4) is 0 Å². The van der Waals surface area contributed by atoms with E-state index in [1.54, 1.807) is 0 Å². The Balaban J connectivity index is 2.31. The number of rotatable bonds is 10. The summed E-state index contributed by atoms with van der Waals surface area (Å²) in [6.45, 7) is 16.0. The quantitative estimate of drug-likeness (QED) is 0.452. The van der Waals surface area contributed by atoms with E-state index in [1.165, 1.54) is 40.9 Å². The fraction of sp³-hybridized carbons (Fsp3) is 0.538. The van der Waals surface area contributed by atoms with Crippen LogP contribution < -0.4 is 10.6 Å². The van der Waals surface area contributed by atoms with Gasteiger partial charge in [0, 0.05) is 23.5 Å². The van der Waals surface area contributed by atoms with Crippen molar-refractivity contribution in [2.45, 2.75) is 79.8 Å². The molecule has 154 valence electrons.